The molecule has 30 heavy (non-hydrogen) atoms. The molecule has 1 aromatic heterocycles. The van der Waals surface area contributed by atoms with Crippen molar-refractivity contribution in [2.45, 2.75) is 58.0 Å². The van der Waals surface area contributed by atoms with E-state index in [1.807, 2.05) is 55.5 Å². The predicted molar refractivity (Wildman–Crippen MR) is 127 cm³/mol. The molecule has 0 bridgehead atoms. The summed E-state index contributed by atoms with van der Waals surface area (Å²) in [5, 5.41) is 11.4. The van der Waals surface area contributed by atoms with Crippen LogP contribution in [0, 0.1) is 0 Å². The van der Waals surface area contributed by atoms with Crippen molar-refractivity contribution in [3.63, 3.8) is 0 Å². The van der Waals surface area contributed by atoms with Gasteiger partial charge in [-0.2, -0.15) is 0 Å². The molecule has 160 valence electrons. The second-order valence-corrected chi connectivity index (χ2v) is 14.3. The van der Waals surface area contributed by atoms with Crippen molar-refractivity contribution in [1.82, 2.24) is 4.98 Å². The van der Waals surface area contributed by atoms with Gasteiger partial charge in [0.2, 0.25) is 5.89 Å². The largest absolute Gasteiger partial charge is 0.436 e. The molecule has 0 saturated heterocycles. The third-order valence-electron chi connectivity index (χ3n) is 5.78. The molecule has 1 N–H and O–H groups in total. The van der Waals surface area contributed by atoms with Crippen molar-refractivity contribution in [3.05, 3.63) is 59.1 Å². The Morgan fingerprint density at radius 2 is 1.80 bits per heavy atom. The van der Waals surface area contributed by atoms with Gasteiger partial charge in [0, 0.05) is 16.1 Å². The molecule has 0 saturated carbocycles. The highest BCUT2D eigenvalue weighted by molar-refractivity contribution is 6.74. The first-order chi connectivity index (χ1) is 14.0. The molecule has 0 radical (unpaired) electrons. The topological polar surface area (TPSA) is 55.5 Å². The molecule has 0 unspecified atom stereocenters. The van der Waals surface area contributed by atoms with Gasteiger partial charge in [-0.25, -0.2) is 4.98 Å². The van der Waals surface area contributed by atoms with E-state index in [0.29, 0.717) is 16.5 Å². The summed E-state index contributed by atoms with van der Waals surface area (Å²) in [5.74, 6) is 0.540. The van der Waals surface area contributed by atoms with Gasteiger partial charge in [-0.05, 0) is 55.4 Å². The smallest absolute Gasteiger partial charge is 0.227 e. The van der Waals surface area contributed by atoms with Gasteiger partial charge in [0.25, 0.3) is 0 Å². The Kier molecular flexibility index (Phi) is 6.58. The number of fused-ring (bicyclic) bond motifs is 1. The number of benzene rings is 2. The zero-order valence-corrected chi connectivity index (χ0v) is 20.2. The summed E-state index contributed by atoms with van der Waals surface area (Å²) in [6.45, 7) is 12.9. The number of nitrogens with zero attached hydrogens (tertiary/aromatic N) is 1. The molecule has 0 aliphatic rings. The number of aliphatic hydroxyl groups is 1. The molecule has 4 nitrogen and oxygen atoms in total. The second kappa shape index (κ2) is 8.67. The number of halogens is 1. The SMILES string of the molecule is C[C@H](O[Si](C)(C)C(C)(C)C)[C@@H](O)/C=C/c1cccc2oc(-c3ccc(Cl)cc3)nc12. The number of para-hydroxylation sites is 1. The Labute approximate surface area is 184 Å². The van der Waals surface area contributed by atoms with Crippen LogP contribution in [-0.4, -0.2) is 30.6 Å². The maximum absolute atomic E-state index is 10.6. The maximum Gasteiger partial charge on any atom is 0.227 e. The minimum absolute atomic E-state index is 0.0923. The van der Waals surface area contributed by atoms with Crippen molar-refractivity contribution >= 4 is 37.1 Å². The molecule has 3 aromatic rings. The number of aliphatic hydroxyl groups excluding tert-OH is 1. The molecular weight excluding hydrogens is 414 g/mol. The summed E-state index contributed by atoms with van der Waals surface area (Å²) in [7, 11) is -1.95. The van der Waals surface area contributed by atoms with Gasteiger partial charge >= 0.3 is 0 Å². The van der Waals surface area contributed by atoms with Crippen molar-refractivity contribution in [2.24, 2.45) is 0 Å². The van der Waals surface area contributed by atoms with E-state index in [9.17, 15) is 5.11 Å². The monoisotopic (exact) mass is 443 g/mol. The average molecular weight is 444 g/mol. The zero-order chi connectivity index (χ0) is 22.1. The molecule has 2 atom stereocenters. The number of oxazole rings is 1. The van der Waals surface area contributed by atoms with E-state index < -0.39 is 14.4 Å². The van der Waals surface area contributed by atoms with Gasteiger partial charge in [-0.1, -0.05) is 56.7 Å². The van der Waals surface area contributed by atoms with Crippen LogP contribution < -0.4 is 0 Å². The van der Waals surface area contributed by atoms with E-state index in [1.54, 1.807) is 6.08 Å². The normalized spacial score (nSPS) is 15.1. The van der Waals surface area contributed by atoms with E-state index in [-0.39, 0.29) is 11.1 Å². The van der Waals surface area contributed by atoms with Crippen LogP contribution in [0.1, 0.15) is 33.3 Å². The molecule has 0 fully saturated rings. The summed E-state index contributed by atoms with van der Waals surface area (Å²) < 4.78 is 12.2. The van der Waals surface area contributed by atoms with Crippen LogP contribution >= 0.6 is 11.6 Å². The van der Waals surface area contributed by atoms with Gasteiger partial charge in [0.05, 0.1) is 12.2 Å². The Morgan fingerprint density at radius 3 is 2.43 bits per heavy atom. The van der Waals surface area contributed by atoms with Gasteiger partial charge < -0.3 is 13.9 Å². The average Bonchev–Trinajstić information content (AvgIpc) is 3.10. The number of rotatable bonds is 6. The Balaban J connectivity index is 1.81. The minimum atomic E-state index is -1.95. The fourth-order valence-electron chi connectivity index (χ4n) is 2.89. The maximum atomic E-state index is 10.6. The minimum Gasteiger partial charge on any atom is -0.436 e. The van der Waals surface area contributed by atoms with E-state index in [4.69, 9.17) is 20.4 Å². The lowest BCUT2D eigenvalue weighted by Gasteiger charge is -2.39. The van der Waals surface area contributed by atoms with Crippen LogP contribution in [0.15, 0.2) is 53.0 Å². The Morgan fingerprint density at radius 1 is 1.13 bits per heavy atom. The highest BCUT2D eigenvalue weighted by Gasteiger charge is 2.39. The molecule has 1 heterocycles. The highest BCUT2D eigenvalue weighted by Crippen LogP contribution is 2.37. The van der Waals surface area contributed by atoms with Crippen LogP contribution in [0.4, 0.5) is 0 Å². The molecule has 2 aromatic carbocycles. The summed E-state index contributed by atoms with van der Waals surface area (Å²) in [5.41, 5.74) is 3.20. The van der Waals surface area contributed by atoms with E-state index in [1.165, 1.54) is 0 Å². The van der Waals surface area contributed by atoms with E-state index in [2.05, 4.69) is 38.8 Å². The van der Waals surface area contributed by atoms with Crippen molar-refractivity contribution in [1.29, 1.82) is 0 Å². The first-order valence-corrected chi connectivity index (χ1v) is 13.5. The number of aromatic nitrogens is 1. The zero-order valence-electron chi connectivity index (χ0n) is 18.4. The molecule has 3 rings (SSSR count). The first-order valence-electron chi connectivity index (χ1n) is 10.2. The highest BCUT2D eigenvalue weighted by atomic mass is 35.5. The van der Waals surface area contributed by atoms with E-state index in [0.717, 1.165) is 16.6 Å². The van der Waals surface area contributed by atoms with Crippen LogP contribution in [-0.2, 0) is 4.43 Å². The summed E-state index contributed by atoms with van der Waals surface area (Å²) in [6, 6.07) is 13.1. The summed E-state index contributed by atoms with van der Waals surface area (Å²) in [6.07, 6.45) is 2.65. The van der Waals surface area contributed by atoms with Crippen molar-refractivity contribution in [2.75, 3.05) is 0 Å². The fraction of sp³-hybridized carbons (Fsp3) is 0.375. The molecule has 0 amide bonds. The van der Waals surface area contributed by atoms with Crippen molar-refractivity contribution < 1.29 is 13.9 Å². The lowest BCUT2D eigenvalue weighted by Crippen LogP contribution is -2.45. The molecule has 0 spiro atoms. The molecular formula is C24H30ClNO3Si. The summed E-state index contributed by atoms with van der Waals surface area (Å²) in [4.78, 5) is 4.66. The Hall–Kier alpha value is -1.92. The van der Waals surface area contributed by atoms with Gasteiger partial charge in [0.1, 0.15) is 5.52 Å². The standard InChI is InChI=1S/C24H30ClNO3Si/c1-16(29-30(5,6)24(2,3)4)20(27)15-12-17-8-7-9-21-22(17)26-23(28-21)18-10-13-19(25)14-11-18/h7-16,20,27H,1-6H3/b15-12+/t16-,20-/m0/s1. The van der Waals surface area contributed by atoms with Crippen LogP contribution in [0.5, 0.6) is 0 Å². The lowest BCUT2D eigenvalue weighted by molar-refractivity contribution is 0.0698. The van der Waals surface area contributed by atoms with Crippen LogP contribution in [0.25, 0.3) is 28.6 Å². The van der Waals surface area contributed by atoms with Crippen molar-refractivity contribution in [3.8, 4) is 11.5 Å². The molecule has 0 aliphatic carbocycles. The Bertz CT molecular complexity index is 1030. The quantitative estimate of drug-likeness (QED) is 0.419. The molecule has 6 heteroatoms. The van der Waals surface area contributed by atoms with Crippen LogP contribution in [0.2, 0.25) is 23.2 Å². The van der Waals surface area contributed by atoms with E-state index >= 15 is 0 Å². The third-order valence-corrected chi connectivity index (χ3v) is 10.6. The number of hydrogen-bond acceptors (Lipinski definition) is 4. The fourth-order valence-corrected chi connectivity index (χ4v) is 4.44. The van der Waals surface area contributed by atoms with Crippen LogP contribution in [0.3, 0.4) is 0 Å². The molecule has 0 aliphatic heterocycles. The predicted octanol–water partition coefficient (Wildman–Crippen LogP) is 6.93. The number of hydrogen-bond donors (Lipinski definition) is 1. The van der Waals surface area contributed by atoms with Gasteiger partial charge in [-0.3, -0.25) is 0 Å². The summed E-state index contributed by atoms with van der Waals surface area (Å²) >= 11 is 5.97. The third kappa shape index (κ3) is 5.03. The second-order valence-electron chi connectivity index (χ2n) is 9.15. The first kappa shape index (κ1) is 22.8. The van der Waals surface area contributed by atoms with Gasteiger partial charge in [-0.15, -0.1) is 0 Å². The lowest BCUT2D eigenvalue weighted by atomic mass is 10.1. The van der Waals surface area contributed by atoms with Gasteiger partial charge in [0.15, 0.2) is 13.9 Å².